The highest BCUT2D eigenvalue weighted by Gasteiger charge is 2.30. The summed E-state index contributed by atoms with van der Waals surface area (Å²) < 4.78 is 11.5. The summed E-state index contributed by atoms with van der Waals surface area (Å²) in [5, 5.41) is 16.9. The van der Waals surface area contributed by atoms with Crippen LogP contribution in [0.2, 0.25) is 0 Å². The molecule has 0 spiro atoms. The molecule has 0 heterocycles. The predicted molar refractivity (Wildman–Crippen MR) is 143 cm³/mol. The highest BCUT2D eigenvalue weighted by Crippen LogP contribution is 2.44. The van der Waals surface area contributed by atoms with Crippen molar-refractivity contribution in [2.24, 2.45) is 5.11 Å². The maximum atomic E-state index is 12.8. The summed E-state index contributed by atoms with van der Waals surface area (Å²) in [5.41, 5.74) is 13.8. The van der Waals surface area contributed by atoms with Crippen molar-refractivity contribution in [1.82, 2.24) is 5.32 Å². The van der Waals surface area contributed by atoms with E-state index in [2.05, 4.69) is 39.6 Å². The second-order valence-corrected chi connectivity index (χ2v) is 10.1. The molecule has 0 radical (unpaired) electrons. The smallest absolute Gasteiger partial charge is 0.407 e. The minimum absolute atomic E-state index is 0.0694. The Balaban J connectivity index is 1.43. The van der Waals surface area contributed by atoms with Gasteiger partial charge in [0.2, 0.25) is 0 Å². The van der Waals surface area contributed by atoms with E-state index in [1.165, 1.54) is 0 Å². The second kappa shape index (κ2) is 11.4. The molecule has 0 aromatic heterocycles. The molecule has 3 aromatic carbocycles. The van der Waals surface area contributed by atoms with Crippen LogP contribution in [0.1, 0.15) is 43.4 Å². The number of alkyl carbamates (subject to hydrolysis) is 1. The number of carbonyl (C=O) groups excluding carboxylic acids is 1. The molecular weight excluding hydrogens is 468 g/mol. The molecule has 1 amide bonds. The number of nitrogens with zero attached hydrogens (tertiary/aromatic N) is 3. The third-order valence-electron chi connectivity index (χ3n) is 6.25. The SMILES string of the molecule is CC(C)(C)Oc1ccc(CC(NC(=O)OCC2c3ccccc3-c3ccccc32)C(O)CN=[N+]=[N-])cc1. The number of ether oxygens (including phenoxy) is 2. The number of fused-ring (bicyclic) bond motifs is 3. The van der Waals surface area contributed by atoms with Gasteiger partial charge in [-0.15, -0.1) is 0 Å². The average molecular weight is 501 g/mol. The first kappa shape index (κ1) is 26.1. The van der Waals surface area contributed by atoms with Gasteiger partial charge in [0.1, 0.15) is 18.0 Å². The number of benzene rings is 3. The Hall–Kier alpha value is -4.00. The average Bonchev–Trinajstić information content (AvgIpc) is 3.19. The van der Waals surface area contributed by atoms with E-state index in [1.54, 1.807) is 0 Å². The van der Waals surface area contributed by atoms with Crippen LogP contribution in [0.5, 0.6) is 5.75 Å². The molecule has 0 fully saturated rings. The molecule has 0 saturated heterocycles. The molecule has 4 rings (SSSR count). The molecule has 1 aliphatic rings. The van der Waals surface area contributed by atoms with E-state index in [0.29, 0.717) is 6.42 Å². The fraction of sp³-hybridized carbons (Fsp3) is 0.345. The molecule has 0 saturated carbocycles. The monoisotopic (exact) mass is 500 g/mol. The Morgan fingerprint density at radius 3 is 2.19 bits per heavy atom. The van der Waals surface area contributed by atoms with Crippen LogP contribution in [0, 0.1) is 0 Å². The van der Waals surface area contributed by atoms with Crippen LogP contribution in [0.25, 0.3) is 21.6 Å². The lowest BCUT2D eigenvalue weighted by Crippen LogP contribution is -2.46. The van der Waals surface area contributed by atoms with Gasteiger partial charge in [-0.2, -0.15) is 0 Å². The molecule has 0 aliphatic heterocycles. The largest absolute Gasteiger partial charge is 0.488 e. The van der Waals surface area contributed by atoms with Crippen LogP contribution < -0.4 is 10.1 Å². The molecule has 8 nitrogen and oxygen atoms in total. The third-order valence-corrected chi connectivity index (χ3v) is 6.25. The van der Waals surface area contributed by atoms with Crippen LogP contribution in [-0.4, -0.2) is 42.1 Å². The predicted octanol–water partition coefficient (Wildman–Crippen LogP) is 5.98. The van der Waals surface area contributed by atoms with Crippen molar-refractivity contribution in [2.75, 3.05) is 13.2 Å². The van der Waals surface area contributed by atoms with Gasteiger partial charge in [-0.1, -0.05) is 65.8 Å². The zero-order chi connectivity index (χ0) is 26.4. The van der Waals surface area contributed by atoms with E-state index in [9.17, 15) is 9.90 Å². The van der Waals surface area contributed by atoms with Gasteiger partial charge in [0.25, 0.3) is 0 Å². The van der Waals surface area contributed by atoms with Crippen molar-refractivity contribution in [2.45, 2.75) is 50.9 Å². The van der Waals surface area contributed by atoms with Gasteiger partial charge in [-0.25, -0.2) is 4.79 Å². The van der Waals surface area contributed by atoms with Crippen LogP contribution in [-0.2, 0) is 11.2 Å². The Kier molecular flexibility index (Phi) is 8.01. The number of azide groups is 1. The first-order chi connectivity index (χ1) is 17.7. The fourth-order valence-electron chi connectivity index (χ4n) is 4.62. The minimum Gasteiger partial charge on any atom is -0.488 e. The number of nitrogens with one attached hydrogen (secondary N) is 1. The summed E-state index contributed by atoms with van der Waals surface area (Å²) in [5.74, 6) is 0.659. The zero-order valence-corrected chi connectivity index (χ0v) is 21.3. The van der Waals surface area contributed by atoms with E-state index < -0.39 is 18.2 Å². The summed E-state index contributed by atoms with van der Waals surface area (Å²) in [6.45, 7) is 5.91. The van der Waals surface area contributed by atoms with Crippen LogP contribution in [0.3, 0.4) is 0 Å². The molecule has 1 aliphatic carbocycles. The summed E-state index contributed by atoms with van der Waals surface area (Å²) >= 11 is 0. The number of rotatable bonds is 9. The first-order valence-electron chi connectivity index (χ1n) is 12.3. The van der Waals surface area contributed by atoms with Gasteiger partial charge in [0.15, 0.2) is 0 Å². The number of aliphatic hydroxyl groups is 1. The Bertz CT molecular complexity index is 1230. The van der Waals surface area contributed by atoms with Crippen molar-refractivity contribution >= 4 is 6.09 Å². The standard InChI is InChI=1S/C29H32N4O4/c1-29(2,3)37-20-14-12-19(13-15-20)16-26(27(34)17-31-33-30)32-28(35)36-18-25-23-10-6-4-8-21(23)22-9-5-7-11-24(22)25/h4-15,25-27,34H,16-18H2,1-3H3,(H,32,35). The number of aliphatic hydroxyl groups excluding tert-OH is 1. The molecule has 37 heavy (non-hydrogen) atoms. The number of hydrogen-bond donors (Lipinski definition) is 2. The van der Waals surface area contributed by atoms with E-state index in [1.807, 2.05) is 69.3 Å². The number of amides is 1. The van der Waals surface area contributed by atoms with E-state index in [4.69, 9.17) is 15.0 Å². The van der Waals surface area contributed by atoms with Crippen LogP contribution in [0.15, 0.2) is 77.9 Å². The van der Waals surface area contributed by atoms with E-state index >= 15 is 0 Å². The highest BCUT2D eigenvalue weighted by atomic mass is 16.5. The maximum Gasteiger partial charge on any atom is 0.407 e. The normalized spacial score (nSPS) is 14.1. The summed E-state index contributed by atoms with van der Waals surface area (Å²) in [7, 11) is 0. The lowest BCUT2D eigenvalue weighted by atomic mass is 9.98. The van der Waals surface area contributed by atoms with Gasteiger partial charge in [0, 0.05) is 10.8 Å². The Labute approximate surface area is 216 Å². The van der Waals surface area contributed by atoms with Crippen molar-refractivity contribution < 1.29 is 19.4 Å². The molecule has 0 bridgehead atoms. The lowest BCUT2D eigenvalue weighted by molar-refractivity contribution is 0.107. The van der Waals surface area contributed by atoms with Gasteiger partial charge < -0.3 is 19.9 Å². The van der Waals surface area contributed by atoms with Crippen molar-refractivity contribution in [3.05, 3.63) is 99.9 Å². The van der Waals surface area contributed by atoms with Gasteiger partial charge >= 0.3 is 6.09 Å². The van der Waals surface area contributed by atoms with Crippen LogP contribution in [0.4, 0.5) is 4.79 Å². The molecule has 2 unspecified atom stereocenters. The Morgan fingerprint density at radius 2 is 1.62 bits per heavy atom. The highest BCUT2D eigenvalue weighted by molar-refractivity contribution is 5.79. The van der Waals surface area contributed by atoms with Gasteiger partial charge in [-0.05, 0) is 72.7 Å². The molecule has 2 N–H and O–H groups in total. The first-order valence-corrected chi connectivity index (χ1v) is 12.3. The lowest BCUT2D eigenvalue weighted by Gasteiger charge is -2.24. The maximum absolute atomic E-state index is 12.8. The van der Waals surface area contributed by atoms with E-state index in [-0.39, 0.29) is 24.7 Å². The summed E-state index contributed by atoms with van der Waals surface area (Å²) in [6.07, 6.45) is -1.40. The fourth-order valence-corrected chi connectivity index (χ4v) is 4.62. The van der Waals surface area contributed by atoms with Crippen molar-refractivity contribution in [3.63, 3.8) is 0 Å². The second-order valence-electron chi connectivity index (χ2n) is 10.1. The van der Waals surface area contributed by atoms with E-state index in [0.717, 1.165) is 33.6 Å². The topological polar surface area (TPSA) is 117 Å². The molecule has 2 atom stereocenters. The summed E-state index contributed by atoms with van der Waals surface area (Å²) in [6, 6.07) is 23.0. The quantitative estimate of drug-likeness (QED) is 0.213. The van der Waals surface area contributed by atoms with Crippen LogP contribution >= 0.6 is 0 Å². The molecular formula is C29H32N4O4. The Morgan fingerprint density at radius 1 is 1.03 bits per heavy atom. The third kappa shape index (κ3) is 6.61. The minimum atomic E-state index is -1.08. The molecule has 3 aromatic rings. The molecule has 192 valence electrons. The zero-order valence-electron chi connectivity index (χ0n) is 21.3. The summed E-state index contributed by atoms with van der Waals surface area (Å²) in [4.78, 5) is 15.6. The van der Waals surface area contributed by atoms with Gasteiger partial charge in [-0.3, -0.25) is 0 Å². The van der Waals surface area contributed by atoms with Crippen molar-refractivity contribution in [3.8, 4) is 16.9 Å². The van der Waals surface area contributed by atoms with Gasteiger partial charge in [0.05, 0.1) is 18.7 Å². The number of carbonyl (C=O) groups is 1. The molecule has 8 heteroatoms. The van der Waals surface area contributed by atoms with Crippen molar-refractivity contribution in [1.29, 1.82) is 0 Å². The number of hydrogen-bond acceptors (Lipinski definition) is 5.